The lowest BCUT2D eigenvalue weighted by atomic mass is 9.93. The van der Waals surface area contributed by atoms with Crippen LogP contribution in [-0.4, -0.2) is 17.0 Å². The maximum absolute atomic E-state index is 11.9. The molecule has 0 fully saturated rings. The first-order valence-electron chi connectivity index (χ1n) is 9.05. The van der Waals surface area contributed by atoms with Gasteiger partial charge in [0.25, 0.3) is 0 Å². The van der Waals surface area contributed by atoms with Crippen LogP contribution in [0.25, 0.3) is 0 Å². The van der Waals surface area contributed by atoms with Crippen molar-refractivity contribution in [1.82, 2.24) is 0 Å². The highest BCUT2D eigenvalue weighted by Crippen LogP contribution is 2.19. The normalized spacial score (nSPS) is 15.0. The van der Waals surface area contributed by atoms with E-state index in [1.165, 1.54) is 57.8 Å². The van der Waals surface area contributed by atoms with Crippen molar-refractivity contribution < 1.29 is 19.1 Å². The van der Waals surface area contributed by atoms with Crippen molar-refractivity contribution in [3.63, 3.8) is 0 Å². The largest absolute Gasteiger partial charge is 0.446 e. The van der Waals surface area contributed by atoms with Gasteiger partial charge in [-0.2, -0.15) is 0 Å². The number of hydrogen-bond donors (Lipinski definition) is 0. The first kappa shape index (κ1) is 23.2. The lowest BCUT2D eigenvalue weighted by Gasteiger charge is -2.14. The smallest absolute Gasteiger partial charge is 0.313 e. The Morgan fingerprint density at radius 2 is 1.71 bits per heavy atom. The van der Waals surface area contributed by atoms with Crippen LogP contribution in [0, 0.1) is 11.8 Å². The van der Waals surface area contributed by atoms with Gasteiger partial charge in [0.1, 0.15) is 0 Å². The van der Waals surface area contributed by atoms with Gasteiger partial charge in [0.2, 0.25) is 0 Å². The van der Waals surface area contributed by atoms with Crippen LogP contribution in [0.2, 0.25) is 0 Å². The molecule has 3 unspecified atom stereocenters. The monoisotopic (exact) mass is 404 g/mol. The number of hydrogen-bond acceptors (Lipinski definition) is 4. The average molecular weight is 405 g/mol. The molecule has 0 rings (SSSR count). The number of alkyl halides is 1. The van der Waals surface area contributed by atoms with Crippen LogP contribution in [0.15, 0.2) is 12.3 Å². The van der Waals surface area contributed by atoms with Crippen LogP contribution in [0.3, 0.4) is 0 Å². The number of ether oxygens (including phenoxy) is 2. The maximum Gasteiger partial charge on any atom is 0.313 e. The number of halogens is 1. The van der Waals surface area contributed by atoms with Crippen LogP contribution in [-0.2, 0) is 19.1 Å². The van der Waals surface area contributed by atoms with Crippen molar-refractivity contribution >= 4 is 27.9 Å². The zero-order valence-corrected chi connectivity index (χ0v) is 17.1. The summed E-state index contributed by atoms with van der Waals surface area (Å²) >= 11 is 3.13. The fraction of sp³-hybridized carbons (Fsp3) is 0.789. The molecule has 0 radical (unpaired) electrons. The van der Waals surface area contributed by atoms with E-state index in [9.17, 15) is 9.59 Å². The van der Waals surface area contributed by atoms with Crippen LogP contribution in [0.4, 0.5) is 0 Å². The third-order valence-electron chi connectivity index (χ3n) is 3.99. The Balaban J connectivity index is 3.85. The van der Waals surface area contributed by atoms with E-state index in [4.69, 9.17) is 9.47 Å². The minimum absolute atomic E-state index is 0.125. The Bertz CT molecular complexity index is 382. The summed E-state index contributed by atoms with van der Waals surface area (Å²) in [4.78, 5) is 22.6. The number of rotatable bonds is 13. The van der Waals surface area contributed by atoms with Crippen molar-refractivity contribution in [3.05, 3.63) is 12.3 Å². The average Bonchev–Trinajstić information content (AvgIpc) is 2.51. The Kier molecular flexibility index (Phi) is 14.0. The molecule has 0 saturated heterocycles. The minimum Gasteiger partial charge on any atom is -0.446 e. The zero-order chi connectivity index (χ0) is 18.4. The van der Waals surface area contributed by atoms with E-state index in [0.29, 0.717) is 5.92 Å². The van der Waals surface area contributed by atoms with Crippen LogP contribution < -0.4 is 0 Å². The predicted octanol–water partition coefficient (Wildman–Crippen LogP) is 5.74. The lowest BCUT2D eigenvalue weighted by Crippen LogP contribution is -2.14. The zero-order valence-electron chi connectivity index (χ0n) is 15.6. The molecule has 0 saturated carbocycles. The van der Waals surface area contributed by atoms with E-state index < -0.39 is 11.0 Å². The molecule has 24 heavy (non-hydrogen) atoms. The Hall–Kier alpha value is -0.840. The van der Waals surface area contributed by atoms with Crippen molar-refractivity contribution in [2.45, 2.75) is 84.1 Å². The summed E-state index contributed by atoms with van der Waals surface area (Å²) in [6, 6.07) is 0. The Morgan fingerprint density at radius 3 is 2.33 bits per heavy atom. The van der Waals surface area contributed by atoms with Crippen molar-refractivity contribution in [2.24, 2.45) is 11.8 Å². The molecular weight excluding hydrogens is 372 g/mol. The summed E-state index contributed by atoms with van der Waals surface area (Å²) in [5.74, 6) is -0.123. The molecule has 0 heterocycles. The summed E-state index contributed by atoms with van der Waals surface area (Å²) in [7, 11) is 0. The SMILES string of the molecule is CCCCCCCC(C)CCC(C)C(=O)O/C=C\C(Br)OC(C)=O. The highest BCUT2D eigenvalue weighted by Gasteiger charge is 2.15. The number of esters is 2. The molecule has 0 aromatic heterocycles. The van der Waals surface area contributed by atoms with Gasteiger partial charge in [-0.15, -0.1) is 0 Å². The Morgan fingerprint density at radius 1 is 1.04 bits per heavy atom. The van der Waals surface area contributed by atoms with Gasteiger partial charge in [0.05, 0.1) is 12.2 Å². The molecule has 0 aromatic carbocycles. The lowest BCUT2D eigenvalue weighted by molar-refractivity contribution is -0.142. The second kappa shape index (κ2) is 14.5. The molecule has 4 nitrogen and oxygen atoms in total. The minimum atomic E-state index is -0.578. The van der Waals surface area contributed by atoms with Crippen LogP contribution >= 0.6 is 15.9 Å². The summed E-state index contributed by atoms with van der Waals surface area (Å²) in [6.07, 6.45) is 12.4. The first-order chi connectivity index (χ1) is 11.4. The maximum atomic E-state index is 11.9. The fourth-order valence-electron chi connectivity index (χ4n) is 2.38. The quantitative estimate of drug-likeness (QED) is 0.170. The third-order valence-corrected chi connectivity index (χ3v) is 4.48. The molecule has 3 atom stereocenters. The second-order valence-electron chi connectivity index (χ2n) is 6.51. The number of carbonyl (C=O) groups excluding carboxylic acids is 2. The van der Waals surface area contributed by atoms with E-state index in [0.717, 1.165) is 12.8 Å². The predicted molar refractivity (Wildman–Crippen MR) is 101 cm³/mol. The van der Waals surface area contributed by atoms with Crippen LogP contribution in [0.5, 0.6) is 0 Å². The standard InChI is InChI=1S/C19H33BrO4/c1-5-6-7-8-9-10-15(2)11-12-16(3)19(22)23-14-13-18(20)24-17(4)21/h13-16,18H,5-12H2,1-4H3/b14-13-. The molecule has 0 aliphatic heterocycles. The molecule has 0 aliphatic carbocycles. The molecular formula is C19H33BrO4. The van der Waals surface area contributed by atoms with Gasteiger partial charge in [-0.3, -0.25) is 9.59 Å². The first-order valence-corrected chi connectivity index (χ1v) is 9.96. The van der Waals surface area contributed by atoms with Crippen molar-refractivity contribution in [2.75, 3.05) is 0 Å². The van der Waals surface area contributed by atoms with Crippen molar-refractivity contribution in [3.8, 4) is 0 Å². The van der Waals surface area contributed by atoms with E-state index in [1.807, 2.05) is 6.92 Å². The molecule has 0 aliphatic rings. The van der Waals surface area contributed by atoms with E-state index in [-0.39, 0.29) is 11.9 Å². The van der Waals surface area contributed by atoms with Gasteiger partial charge in [-0.25, -0.2) is 0 Å². The molecule has 0 spiro atoms. The molecule has 0 aromatic rings. The highest BCUT2D eigenvalue weighted by atomic mass is 79.9. The van der Waals surface area contributed by atoms with Gasteiger partial charge in [0.15, 0.2) is 5.01 Å². The van der Waals surface area contributed by atoms with Gasteiger partial charge < -0.3 is 9.47 Å². The summed E-state index contributed by atoms with van der Waals surface area (Å²) in [5.41, 5.74) is 0. The molecule has 0 N–H and O–H groups in total. The third kappa shape index (κ3) is 13.6. The van der Waals surface area contributed by atoms with Gasteiger partial charge in [0, 0.05) is 13.0 Å². The van der Waals surface area contributed by atoms with E-state index in [1.54, 1.807) is 0 Å². The molecule has 0 bridgehead atoms. The fourth-order valence-corrected chi connectivity index (χ4v) is 2.76. The highest BCUT2D eigenvalue weighted by molar-refractivity contribution is 9.09. The molecule has 140 valence electrons. The molecule has 0 amide bonds. The van der Waals surface area contributed by atoms with Crippen molar-refractivity contribution in [1.29, 1.82) is 0 Å². The summed E-state index contributed by atoms with van der Waals surface area (Å²) < 4.78 is 9.91. The summed E-state index contributed by atoms with van der Waals surface area (Å²) in [5, 5.41) is -0.578. The summed E-state index contributed by atoms with van der Waals surface area (Å²) in [6.45, 7) is 7.70. The molecule has 5 heteroatoms. The number of unbranched alkanes of at least 4 members (excludes halogenated alkanes) is 4. The second-order valence-corrected chi connectivity index (χ2v) is 7.41. The number of carbonyl (C=O) groups is 2. The van der Waals surface area contributed by atoms with Gasteiger partial charge in [-0.05, 0) is 34.7 Å². The van der Waals surface area contributed by atoms with E-state index >= 15 is 0 Å². The Labute approximate surface area is 155 Å². The topological polar surface area (TPSA) is 52.6 Å². The van der Waals surface area contributed by atoms with Crippen LogP contribution in [0.1, 0.15) is 79.1 Å². The van der Waals surface area contributed by atoms with Gasteiger partial charge >= 0.3 is 11.9 Å². The van der Waals surface area contributed by atoms with Gasteiger partial charge in [-0.1, -0.05) is 59.3 Å². The van der Waals surface area contributed by atoms with E-state index in [2.05, 4.69) is 29.8 Å².